The lowest BCUT2D eigenvalue weighted by molar-refractivity contribution is -0.135. The fourth-order valence-corrected chi connectivity index (χ4v) is 6.25. The van der Waals surface area contributed by atoms with E-state index in [1.165, 1.54) is 0 Å². The summed E-state index contributed by atoms with van der Waals surface area (Å²) in [6, 6.07) is 30.7. The molecule has 0 heterocycles. The van der Waals surface area contributed by atoms with Crippen molar-refractivity contribution >= 4 is 11.9 Å². The molecule has 0 saturated heterocycles. The molecule has 0 saturated carbocycles. The number of aromatic hydroxyl groups is 1. The first-order valence-corrected chi connectivity index (χ1v) is 18.6. The van der Waals surface area contributed by atoms with Crippen LogP contribution in [-0.2, 0) is 25.2 Å². The van der Waals surface area contributed by atoms with E-state index in [-0.39, 0.29) is 40.9 Å². The Hall–Kier alpha value is -4.62. The normalized spacial score (nSPS) is 12.4. The summed E-state index contributed by atoms with van der Waals surface area (Å²) < 4.78 is 22.7. The van der Waals surface area contributed by atoms with Crippen LogP contribution in [0.4, 0.5) is 0 Å². The average Bonchev–Trinajstić information content (AvgIpc) is 3.10. The van der Waals surface area contributed by atoms with Gasteiger partial charge < -0.3 is 24.1 Å². The second-order valence-corrected chi connectivity index (χ2v) is 14.8. The molecule has 52 heavy (non-hydrogen) atoms. The van der Waals surface area contributed by atoms with Gasteiger partial charge in [-0.1, -0.05) is 102 Å². The van der Waals surface area contributed by atoms with E-state index in [4.69, 9.17) is 18.9 Å². The van der Waals surface area contributed by atoms with Crippen molar-refractivity contribution in [2.75, 3.05) is 0 Å². The smallest absolute Gasteiger partial charge is 0.311 e. The van der Waals surface area contributed by atoms with E-state index in [1.54, 1.807) is 12.1 Å². The third-order valence-corrected chi connectivity index (χ3v) is 9.56. The van der Waals surface area contributed by atoms with Crippen LogP contribution in [-0.4, -0.2) is 29.4 Å². The molecule has 1 atom stereocenters. The molecule has 1 N–H and O–H groups in total. The summed E-state index contributed by atoms with van der Waals surface area (Å²) in [6.07, 6.45) is 5.94. The predicted octanol–water partition coefficient (Wildman–Crippen LogP) is 10.8. The molecular formula is C45H56O7. The highest BCUT2D eigenvalue weighted by molar-refractivity contribution is 5.72. The molecule has 7 nitrogen and oxygen atoms in total. The van der Waals surface area contributed by atoms with Crippen molar-refractivity contribution < 1.29 is 33.6 Å². The molecule has 278 valence electrons. The molecule has 0 spiro atoms. The Balaban J connectivity index is 1.08. The number of carbonyl (C=O) groups is 2. The Morgan fingerprint density at radius 1 is 0.519 bits per heavy atom. The highest BCUT2D eigenvalue weighted by Gasteiger charge is 2.24. The second-order valence-electron chi connectivity index (χ2n) is 14.8. The minimum atomic E-state index is -0.320. The molecular weight excluding hydrogens is 652 g/mol. The summed E-state index contributed by atoms with van der Waals surface area (Å²) in [5, 5.41) is 9.60. The third kappa shape index (κ3) is 12.0. The van der Waals surface area contributed by atoms with Crippen molar-refractivity contribution in [3.8, 4) is 23.0 Å². The fourth-order valence-electron chi connectivity index (χ4n) is 6.25. The molecule has 0 radical (unpaired) electrons. The molecule has 0 fully saturated rings. The van der Waals surface area contributed by atoms with Gasteiger partial charge in [-0.2, -0.15) is 0 Å². The van der Waals surface area contributed by atoms with Crippen LogP contribution in [0.25, 0.3) is 0 Å². The van der Waals surface area contributed by atoms with Gasteiger partial charge in [-0.3, -0.25) is 9.59 Å². The first-order valence-electron chi connectivity index (χ1n) is 18.6. The fraction of sp³-hybridized carbons (Fsp3) is 0.422. The number of benzene rings is 4. The van der Waals surface area contributed by atoms with Gasteiger partial charge in [-0.25, -0.2) is 0 Å². The predicted molar refractivity (Wildman–Crippen MR) is 206 cm³/mol. The molecule has 1 unspecified atom stereocenters. The van der Waals surface area contributed by atoms with Crippen LogP contribution >= 0.6 is 0 Å². The van der Waals surface area contributed by atoms with Gasteiger partial charge in [0.1, 0.15) is 23.0 Å². The van der Waals surface area contributed by atoms with Crippen LogP contribution in [0.2, 0.25) is 0 Å². The number of carbonyl (C=O) groups excluding carboxylic acids is 2. The molecule has 0 bridgehead atoms. The molecule has 0 aromatic heterocycles. The summed E-state index contributed by atoms with van der Waals surface area (Å²) >= 11 is 0. The van der Waals surface area contributed by atoms with Crippen LogP contribution in [0, 0.1) is 0 Å². The summed E-state index contributed by atoms with van der Waals surface area (Å²) in [6.45, 7) is 14.4. The maximum Gasteiger partial charge on any atom is 0.311 e. The van der Waals surface area contributed by atoms with Crippen LogP contribution in [0.15, 0.2) is 97.1 Å². The van der Waals surface area contributed by atoms with Crippen molar-refractivity contribution in [1.29, 1.82) is 0 Å². The molecule has 0 amide bonds. The quantitative estimate of drug-likeness (QED) is 0.0449. The lowest BCUT2D eigenvalue weighted by atomic mass is 9.78. The minimum absolute atomic E-state index is 0.0964. The van der Waals surface area contributed by atoms with E-state index in [0.29, 0.717) is 24.3 Å². The number of unbranched alkanes of at least 4 members (excludes halogenated alkanes) is 5. The number of phenolic OH excluding ortho intramolecular Hbond substituents is 1. The van der Waals surface area contributed by atoms with E-state index in [9.17, 15) is 14.7 Å². The average molecular weight is 709 g/mol. The van der Waals surface area contributed by atoms with Crippen molar-refractivity contribution in [2.45, 2.75) is 123 Å². The minimum Gasteiger partial charge on any atom is -0.508 e. The van der Waals surface area contributed by atoms with Gasteiger partial charge in [0.25, 0.3) is 0 Å². The lowest BCUT2D eigenvalue weighted by Gasteiger charge is -2.27. The van der Waals surface area contributed by atoms with Gasteiger partial charge in [0.2, 0.25) is 0 Å². The van der Waals surface area contributed by atoms with E-state index < -0.39 is 0 Å². The first kappa shape index (κ1) is 40.2. The van der Waals surface area contributed by atoms with Crippen LogP contribution in [0.1, 0.15) is 122 Å². The zero-order valence-electron chi connectivity index (χ0n) is 31.9. The molecule has 4 aromatic carbocycles. The molecule has 0 aliphatic heterocycles. The van der Waals surface area contributed by atoms with Crippen LogP contribution in [0.3, 0.4) is 0 Å². The van der Waals surface area contributed by atoms with Crippen molar-refractivity contribution in [2.24, 2.45) is 0 Å². The number of rotatable bonds is 19. The SMILES string of the molecule is CC(C)OC(C)Oc1ccc(C(C)(C)c2ccc(OC(=O)CCCCCCCCC(=O)Oc3ccc(C(C)(C)c4ccc(O)cc4)cc3)cc2)cc1. The number of ether oxygens (including phenoxy) is 4. The zero-order valence-corrected chi connectivity index (χ0v) is 31.9. The zero-order chi connectivity index (χ0) is 37.7. The molecule has 4 rings (SSSR count). The van der Waals surface area contributed by atoms with E-state index in [0.717, 1.165) is 66.5 Å². The maximum atomic E-state index is 12.5. The topological polar surface area (TPSA) is 91.3 Å². The highest BCUT2D eigenvalue weighted by atomic mass is 16.7. The van der Waals surface area contributed by atoms with Crippen LogP contribution < -0.4 is 14.2 Å². The summed E-state index contributed by atoms with van der Waals surface area (Å²) in [7, 11) is 0. The van der Waals surface area contributed by atoms with Gasteiger partial charge in [0.15, 0.2) is 6.29 Å². The van der Waals surface area contributed by atoms with Gasteiger partial charge in [-0.05, 0) is 104 Å². The largest absolute Gasteiger partial charge is 0.508 e. The second kappa shape index (κ2) is 18.7. The summed E-state index contributed by atoms with van der Waals surface area (Å²) in [5.74, 6) is 1.64. The van der Waals surface area contributed by atoms with Crippen molar-refractivity contribution in [3.05, 3.63) is 119 Å². The van der Waals surface area contributed by atoms with E-state index in [1.807, 2.05) is 93.6 Å². The standard InChI is InChI=1S/C45H56O7/c1-32(2)49-33(3)50-39-26-18-35(19-27-39)45(6,7)37-22-30-41(31-23-37)52-43(48)15-13-11-9-8-10-12-14-42(47)51-40-28-20-36(21-29-40)44(4,5)34-16-24-38(46)25-17-34/h16-33,46H,8-15H2,1-7H3. The highest BCUT2D eigenvalue weighted by Crippen LogP contribution is 2.35. The summed E-state index contributed by atoms with van der Waals surface area (Å²) in [4.78, 5) is 24.9. The molecule has 0 aliphatic carbocycles. The summed E-state index contributed by atoms with van der Waals surface area (Å²) in [5.41, 5.74) is 3.94. The van der Waals surface area contributed by atoms with Gasteiger partial charge >= 0.3 is 11.9 Å². The van der Waals surface area contributed by atoms with Crippen molar-refractivity contribution in [1.82, 2.24) is 0 Å². The van der Waals surface area contributed by atoms with E-state index in [2.05, 4.69) is 39.8 Å². The molecule has 4 aromatic rings. The maximum absolute atomic E-state index is 12.5. The van der Waals surface area contributed by atoms with E-state index >= 15 is 0 Å². The number of hydrogen-bond donors (Lipinski definition) is 1. The Morgan fingerprint density at radius 3 is 1.21 bits per heavy atom. The Labute approximate surface area is 310 Å². The molecule has 7 heteroatoms. The van der Waals surface area contributed by atoms with Gasteiger partial charge in [0, 0.05) is 23.7 Å². The monoisotopic (exact) mass is 708 g/mol. The number of esters is 2. The number of phenols is 1. The van der Waals surface area contributed by atoms with Crippen LogP contribution in [0.5, 0.6) is 23.0 Å². The van der Waals surface area contributed by atoms with Gasteiger partial charge in [-0.15, -0.1) is 0 Å². The van der Waals surface area contributed by atoms with Crippen molar-refractivity contribution in [3.63, 3.8) is 0 Å². The number of hydrogen-bond acceptors (Lipinski definition) is 7. The Kier molecular flexibility index (Phi) is 14.5. The molecule has 0 aliphatic rings. The Bertz CT molecular complexity index is 1690. The third-order valence-electron chi connectivity index (χ3n) is 9.56. The van der Waals surface area contributed by atoms with Gasteiger partial charge in [0.05, 0.1) is 6.10 Å². The Morgan fingerprint density at radius 2 is 0.846 bits per heavy atom. The first-order chi connectivity index (χ1) is 24.7. The lowest BCUT2D eigenvalue weighted by Crippen LogP contribution is -2.21.